The van der Waals surface area contributed by atoms with E-state index in [1.165, 1.54) is 4.90 Å². The Kier molecular flexibility index (Phi) is 4.80. The maximum Gasteiger partial charge on any atom is 0.411 e. The van der Waals surface area contributed by atoms with Crippen LogP contribution in [0.3, 0.4) is 0 Å². The molecule has 1 aliphatic heterocycles. The van der Waals surface area contributed by atoms with Crippen molar-refractivity contribution in [2.75, 3.05) is 19.8 Å². The van der Waals surface area contributed by atoms with Gasteiger partial charge in [0.05, 0.1) is 13.2 Å². The van der Waals surface area contributed by atoms with Crippen molar-refractivity contribution in [3.8, 4) is 0 Å². The summed E-state index contributed by atoms with van der Waals surface area (Å²) in [6, 6.07) is 9.27. The lowest BCUT2D eigenvalue weighted by atomic mass is 9.95. The van der Waals surface area contributed by atoms with E-state index in [1.807, 2.05) is 37.3 Å². The molecule has 0 bridgehead atoms. The zero-order valence-electron chi connectivity index (χ0n) is 11.9. The molecule has 0 spiro atoms. The summed E-state index contributed by atoms with van der Waals surface area (Å²) in [6.07, 6.45) is 0.0292. The lowest BCUT2D eigenvalue weighted by Crippen LogP contribution is -2.68. The van der Waals surface area contributed by atoms with Crippen LogP contribution in [0.5, 0.6) is 0 Å². The van der Waals surface area contributed by atoms with Crippen molar-refractivity contribution in [2.45, 2.75) is 25.5 Å². The quantitative estimate of drug-likeness (QED) is 0.866. The number of ether oxygens (including phenoxy) is 2. The molecule has 0 aliphatic carbocycles. The average molecular weight is 293 g/mol. The summed E-state index contributed by atoms with van der Waals surface area (Å²) in [7, 11) is 0. The third-order valence-corrected chi connectivity index (χ3v) is 3.47. The lowest BCUT2D eigenvalue weighted by Gasteiger charge is -2.45. The van der Waals surface area contributed by atoms with Gasteiger partial charge in [-0.05, 0) is 12.0 Å². The lowest BCUT2D eigenvalue weighted by molar-refractivity contribution is -0.183. The van der Waals surface area contributed by atoms with E-state index in [-0.39, 0.29) is 19.8 Å². The van der Waals surface area contributed by atoms with Crippen LogP contribution < -0.4 is 0 Å². The fourth-order valence-electron chi connectivity index (χ4n) is 2.19. The molecule has 1 aromatic carbocycles. The molecule has 1 aromatic rings. The van der Waals surface area contributed by atoms with E-state index >= 15 is 0 Å². The van der Waals surface area contributed by atoms with E-state index in [4.69, 9.17) is 9.47 Å². The number of carboxylic acids is 1. The molecule has 0 saturated carbocycles. The van der Waals surface area contributed by atoms with Gasteiger partial charge < -0.3 is 14.6 Å². The minimum Gasteiger partial charge on any atom is -0.479 e. The standard InChI is InChI=1S/C15H19NO5/c1-2-8-16(15(13(17)18)10-20-11-15)14(19)21-9-12-6-4-3-5-7-12/h3-7H,2,8-11H2,1H3,(H,17,18). The minimum absolute atomic E-state index is 0.00275. The molecule has 0 radical (unpaired) electrons. The predicted octanol–water partition coefficient (Wildman–Crippen LogP) is 1.89. The number of carbonyl (C=O) groups is 2. The van der Waals surface area contributed by atoms with Crippen LogP contribution in [0.2, 0.25) is 0 Å². The number of nitrogens with zero attached hydrogens (tertiary/aromatic N) is 1. The first kappa shape index (κ1) is 15.3. The van der Waals surface area contributed by atoms with Crippen molar-refractivity contribution in [2.24, 2.45) is 0 Å². The summed E-state index contributed by atoms with van der Waals surface area (Å²) < 4.78 is 10.3. The van der Waals surface area contributed by atoms with Crippen molar-refractivity contribution in [1.29, 1.82) is 0 Å². The number of carbonyl (C=O) groups excluding carboxylic acids is 1. The molecule has 6 heteroatoms. The van der Waals surface area contributed by atoms with Crippen LogP contribution in [0.15, 0.2) is 30.3 Å². The Morgan fingerprint density at radius 3 is 2.48 bits per heavy atom. The fraction of sp³-hybridized carbons (Fsp3) is 0.467. The van der Waals surface area contributed by atoms with Crippen molar-refractivity contribution in [3.63, 3.8) is 0 Å². The van der Waals surface area contributed by atoms with E-state index in [1.54, 1.807) is 0 Å². The SMILES string of the molecule is CCCN(C(=O)OCc1ccccc1)C1(C(=O)O)COC1. The molecule has 1 N–H and O–H groups in total. The van der Waals surface area contributed by atoms with Gasteiger partial charge in [0, 0.05) is 6.54 Å². The van der Waals surface area contributed by atoms with Crippen LogP contribution in [-0.2, 0) is 20.9 Å². The normalized spacial score (nSPS) is 15.9. The Balaban J connectivity index is 2.04. The summed E-state index contributed by atoms with van der Waals surface area (Å²) in [5, 5.41) is 9.39. The summed E-state index contributed by atoms with van der Waals surface area (Å²) >= 11 is 0. The van der Waals surface area contributed by atoms with E-state index in [2.05, 4.69) is 0 Å². The maximum absolute atomic E-state index is 12.2. The monoisotopic (exact) mass is 293 g/mol. The van der Waals surface area contributed by atoms with Crippen LogP contribution in [0.1, 0.15) is 18.9 Å². The van der Waals surface area contributed by atoms with Gasteiger partial charge in [-0.15, -0.1) is 0 Å². The smallest absolute Gasteiger partial charge is 0.411 e. The predicted molar refractivity (Wildman–Crippen MR) is 74.8 cm³/mol. The van der Waals surface area contributed by atoms with Crippen LogP contribution in [0.4, 0.5) is 4.79 Å². The van der Waals surface area contributed by atoms with Gasteiger partial charge in [0.2, 0.25) is 0 Å². The highest BCUT2D eigenvalue weighted by Crippen LogP contribution is 2.27. The Labute approximate surface area is 123 Å². The van der Waals surface area contributed by atoms with Crippen molar-refractivity contribution < 1.29 is 24.2 Å². The number of hydrogen-bond donors (Lipinski definition) is 1. The molecule has 1 fully saturated rings. The van der Waals surface area contributed by atoms with Gasteiger partial charge in [0.15, 0.2) is 5.54 Å². The first-order valence-corrected chi connectivity index (χ1v) is 6.89. The number of aliphatic carboxylic acids is 1. The van der Waals surface area contributed by atoms with Gasteiger partial charge >= 0.3 is 12.1 Å². The average Bonchev–Trinajstić information content (AvgIpc) is 2.43. The number of carboxylic acid groups (broad SMARTS) is 1. The maximum atomic E-state index is 12.2. The third kappa shape index (κ3) is 3.16. The van der Waals surface area contributed by atoms with Crippen LogP contribution >= 0.6 is 0 Å². The highest BCUT2D eigenvalue weighted by Gasteiger charge is 2.53. The molecule has 1 aliphatic rings. The van der Waals surface area contributed by atoms with Crippen LogP contribution in [-0.4, -0.2) is 47.4 Å². The summed E-state index contributed by atoms with van der Waals surface area (Å²) in [5.74, 6) is -1.06. The molecular formula is C15H19NO5. The Morgan fingerprint density at radius 2 is 2.00 bits per heavy atom. The van der Waals surface area contributed by atoms with Gasteiger partial charge in [-0.2, -0.15) is 0 Å². The highest BCUT2D eigenvalue weighted by atomic mass is 16.6. The van der Waals surface area contributed by atoms with Crippen molar-refractivity contribution in [1.82, 2.24) is 4.90 Å². The number of amides is 1. The second-order valence-electron chi connectivity index (χ2n) is 5.02. The Morgan fingerprint density at radius 1 is 1.33 bits per heavy atom. The van der Waals surface area contributed by atoms with Gasteiger partial charge in [-0.25, -0.2) is 9.59 Å². The molecule has 21 heavy (non-hydrogen) atoms. The molecule has 1 amide bonds. The largest absolute Gasteiger partial charge is 0.479 e. The summed E-state index contributed by atoms with van der Waals surface area (Å²) in [6.45, 7) is 2.33. The van der Waals surface area contributed by atoms with E-state index < -0.39 is 17.6 Å². The Hall–Kier alpha value is -2.08. The molecule has 6 nitrogen and oxygen atoms in total. The first-order chi connectivity index (χ1) is 10.1. The van der Waals surface area contributed by atoms with Crippen molar-refractivity contribution >= 4 is 12.1 Å². The topological polar surface area (TPSA) is 76.1 Å². The van der Waals surface area contributed by atoms with E-state index in [0.29, 0.717) is 13.0 Å². The summed E-state index contributed by atoms with van der Waals surface area (Å²) in [4.78, 5) is 25.0. The third-order valence-electron chi connectivity index (χ3n) is 3.47. The van der Waals surface area contributed by atoms with Gasteiger partial charge in [0.25, 0.3) is 0 Å². The molecule has 1 heterocycles. The molecule has 2 rings (SSSR count). The van der Waals surface area contributed by atoms with Crippen molar-refractivity contribution in [3.05, 3.63) is 35.9 Å². The number of benzene rings is 1. The molecular weight excluding hydrogens is 274 g/mol. The fourth-order valence-corrected chi connectivity index (χ4v) is 2.19. The summed E-state index contributed by atoms with van der Waals surface area (Å²) in [5.41, 5.74) is -0.430. The number of hydrogen-bond acceptors (Lipinski definition) is 4. The van der Waals surface area contributed by atoms with Gasteiger partial charge in [0.1, 0.15) is 6.61 Å². The molecule has 1 saturated heterocycles. The zero-order chi connectivity index (χ0) is 15.3. The second kappa shape index (κ2) is 6.58. The van der Waals surface area contributed by atoms with Gasteiger partial charge in [-0.3, -0.25) is 4.90 Å². The first-order valence-electron chi connectivity index (χ1n) is 6.89. The Bertz CT molecular complexity index is 498. The van der Waals surface area contributed by atoms with E-state index in [9.17, 15) is 14.7 Å². The number of rotatable bonds is 6. The molecule has 0 unspecified atom stereocenters. The highest BCUT2D eigenvalue weighted by molar-refractivity contribution is 5.85. The van der Waals surface area contributed by atoms with Crippen LogP contribution in [0.25, 0.3) is 0 Å². The molecule has 0 aromatic heterocycles. The van der Waals surface area contributed by atoms with Gasteiger partial charge in [-0.1, -0.05) is 37.3 Å². The van der Waals surface area contributed by atoms with E-state index in [0.717, 1.165) is 5.56 Å². The molecule has 0 atom stereocenters. The van der Waals surface area contributed by atoms with Crippen LogP contribution in [0, 0.1) is 0 Å². The second-order valence-corrected chi connectivity index (χ2v) is 5.02. The molecule has 114 valence electrons. The minimum atomic E-state index is -1.29. The zero-order valence-corrected chi connectivity index (χ0v) is 11.9.